The van der Waals surface area contributed by atoms with Crippen LogP contribution < -0.4 is 4.90 Å². The number of hydrogen-bond donors (Lipinski definition) is 0. The van der Waals surface area contributed by atoms with Crippen LogP contribution >= 0.6 is 0 Å². The summed E-state index contributed by atoms with van der Waals surface area (Å²) in [6.07, 6.45) is 5.38. The van der Waals surface area contributed by atoms with Crippen molar-refractivity contribution in [3.05, 3.63) is 70.9 Å². The van der Waals surface area contributed by atoms with Crippen molar-refractivity contribution in [3.63, 3.8) is 0 Å². The van der Waals surface area contributed by atoms with E-state index in [0.717, 1.165) is 5.56 Å². The Kier molecular flexibility index (Phi) is 3.38. The lowest BCUT2D eigenvalue weighted by molar-refractivity contribution is 0.198. The average molecular weight is 346 g/mol. The summed E-state index contributed by atoms with van der Waals surface area (Å²) in [6, 6.07) is 16.5. The van der Waals surface area contributed by atoms with E-state index >= 15 is 0 Å². The van der Waals surface area contributed by atoms with E-state index in [4.69, 9.17) is 0 Å². The highest BCUT2D eigenvalue weighted by Gasteiger charge is 2.48. The van der Waals surface area contributed by atoms with Gasteiger partial charge < -0.3 is 9.80 Å². The number of rotatable bonds is 2. The predicted octanol–water partition coefficient (Wildman–Crippen LogP) is 6.10. The van der Waals surface area contributed by atoms with Crippen molar-refractivity contribution in [2.24, 2.45) is 5.92 Å². The number of nitrogens with zero attached hydrogens (tertiary/aromatic N) is 2. The zero-order valence-electron chi connectivity index (χ0n) is 17.0. The van der Waals surface area contributed by atoms with E-state index in [1.165, 1.54) is 53.9 Å². The Morgan fingerprint density at radius 2 is 1.65 bits per heavy atom. The molecule has 0 aromatic heterocycles. The maximum atomic E-state index is 9.35. The molecule has 134 valence electrons. The normalized spacial score (nSPS) is 28.6. The number of hydrogen-bond acceptors (Lipinski definition) is 2. The van der Waals surface area contributed by atoms with Crippen LogP contribution in [0.15, 0.2) is 54.2 Å². The molecule has 0 N–H and O–H groups in total. The van der Waals surface area contributed by atoms with E-state index in [1.807, 2.05) is 0 Å². The molecule has 0 saturated heterocycles. The SMILES string of the molecule is [2H]C1(C)c2ccccc2C2=C(C)N(c3ccccc3C)C(C3CCCC3)N21. The zero-order valence-corrected chi connectivity index (χ0v) is 16.0. The lowest BCUT2D eigenvalue weighted by Gasteiger charge is -2.40. The van der Waals surface area contributed by atoms with Gasteiger partial charge in [-0.05, 0) is 56.7 Å². The second-order valence-electron chi connectivity index (χ2n) is 8.05. The quantitative estimate of drug-likeness (QED) is 0.649. The fourth-order valence-corrected chi connectivity index (χ4v) is 5.39. The molecule has 0 amide bonds. The Bertz CT molecular complexity index is 923. The maximum Gasteiger partial charge on any atom is 0.109 e. The molecule has 1 aliphatic carbocycles. The molecular formula is C24H28N2. The van der Waals surface area contributed by atoms with Gasteiger partial charge in [0.1, 0.15) is 6.17 Å². The number of anilines is 1. The monoisotopic (exact) mass is 345 g/mol. The van der Waals surface area contributed by atoms with Gasteiger partial charge in [0.15, 0.2) is 0 Å². The Labute approximate surface area is 158 Å². The first-order chi connectivity index (χ1) is 13.0. The first kappa shape index (κ1) is 14.9. The highest BCUT2D eigenvalue weighted by molar-refractivity contribution is 5.81. The molecule has 1 fully saturated rings. The van der Waals surface area contributed by atoms with Gasteiger partial charge in [-0.1, -0.05) is 55.3 Å². The average Bonchev–Trinajstić information content (AvgIpc) is 3.33. The lowest BCUT2D eigenvalue weighted by Crippen LogP contribution is -2.45. The minimum atomic E-state index is -0.724. The molecular weight excluding hydrogens is 316 g/mol. The second kappa shape index (κ2) is 5.90. The van der Waals surface area contributed by atoms with Gasteiger partial charge in [-0.2, -0.15) is 0 Å². The number of aryl methyl sites for hydroxylation is 1. The van der Waals surface area contributed by atoms with E-state index in [-0.39, 0.29) is 6.17 Å². The summed E-state index contributed by atoms with van der Waals surface area (Å²) in [5, 5.41) is 0. The minimum absolute atomic E-state index is 0.235. The zero-order chi connectivity index (χ0) is 18.8. The Hall–Kier alpha value is -2.22. The molecule has 0 spiro atoms. The molecule has 2 atom stereocenters. The van der Waals surface area contributed by atoms with E-state index < -0.39 is 6.02 Å². The summed E-state index contributed by atoms with van der Waals surface area (Å²) in [5.41, 5.74) is 7.55. The van der Waals surface area contributed by atoms with Crippen LogP contribution in [-0.2, 0) is 0 Å². The van der Waals surface area contributed by atoms with Crippen LogP contribution in [0.4, 0.5) is 5.69 Å². The fourth-order valence-electron chi connectivity index (χ4n) is 5.39. The van der Waals surface area contributed by atoms with Crippen molar-refractivity contribution in [2.45, 2.75) is 58.6 Å². The van der Waals surface area contributed by atoms with Crippen molar-refractivity contribution in [2.75, 3.05) is 4.90 Å². The Balaban J connectivity index is 1.74. The molecule has 2 aliphatic heterocycles. The van der Waals surface area contributed by atoms with Crippen LogP contribution in [0.1, 0.15) is 63.6 Å². The van der Waals surface area contributed by atoms with Gasteiger partial charge in [-0.25, -0.2) is 0 Å². The molecule has 0 bridgehead atoms. The fraction of sp³-hybridized carbons (Fsp3) is 0.417. The van der Waals surface area contributed by atoms with Crippen LogP contribution in [0, 0.1) is 12.8 Å². The third-order valence-electron chi connectivity index (χ3n) is 6.60. The van der Waals surface area contributed by atoms with Crippen molar-refractivity contribution >= 4 is 11.4 Å². The smallest absolute Gasteiger partial charge is 0.109 e. The highest BCUT2D eigenvalue weighted by atomic mass is 15.4. The van der Waals surface area contributed by atoms with Crippen LogP contribution in [0.3, 0.4) is 0 Å². The number of para-hydroxylation sites is 1. The third kappa shape index (κ3) is 2.11. The number of benzene rings is 2. The maximum absolute atomic E-state index is 9.35. The minimum Gasteiger partial charge on any atom is -0.342 e. The van der Waals surface area contributed by atoms with Crippen molar-refractivity contribution in [3.8, 4) is 0 Å². The van der Waals surface area contributed by atoms with Gasteiger partial charge in [0.05, 0.1) is 13.1 Å². The summed E-state index contributed by atoms with van der Waals surface area (Å²) in [6.45, 7) is 6.54. The highest BCUT2D eigenvalue weighted by Crippen LogP contribution is 2.54. The summed E-state index contributed by atoms with van der Waals surface area (Å²) in [5.74, 6) is 0.607. The van der Waals surface area contributed by atoms with Crippen molar-refractivity contribution in [1.82, 2.24) is 4.90 Å². The molecule has 5 rings (SSSR count). The Morgan fingerprint density at radius 3 is 2.42 bits per heavy atom. The third-order valence-corrected chi connectivity index (χ3v) is 6.60. The Morgan fingerprint density at radius 1 is 0.962 bits per heavy atom. The molecule has 2 nitrogen and oxygen atoms in total. The summed E-state index contributed by atoms with van der Waals surface area (Å²) in [7, 11) is 0. The van der Waals surface area contributed by atoms with Gasteiger partial charge in [-0.3, -0.25) is 0 Å². The van der Waals surface area contributed by atoms with Crippen LogP contribution in [0.25, 0.3) is 5.70 Å². The number of fused-ring (bicyclic) bond motifs is 3. The second-order valence-corrected chi connectivity index (χ2v) is 8.05. The van der Waals surface area contributed by atoms with Crippen molar-refractivity contribution in [1.29, 1.82) is 0 Å². The summed E-state index contributed by atoms with van der Waals surface area (Å²) < 4.78 is 9.35. The van der Waals surface area contributed by atoms with E-state index in [2.05, 4.69) is 79.1 Å². The van der Waals surface area contributed by atoms with Gasteiger partial charge in [0.25, 0.3) is 0 Å². The molecule has 2 aromatic carbocycles. The van der Waals surface area contributed by atoms with Crippen LogP contribution in [0.5, 0.6) is 0 Å². The van der Waals surface area contributed by atoms with Gasteiger partial charge in [0.2, 0.25) is 0 Å². The van der Waals surface area contributed by atoms with E-state index in [0.29, 0.717) is 5.92 Å². The first-order valence-corrected chi connectivity index (χ1v) is 9.97. The van der Waals surface area contributed by atoms with Crippen LogP contribution in [-0.4, -0.2) is 11.1 Å². The molecule has 0 radical (unpaired) electrons. The standard InChI is InChI=1S/C24H28N2/c1-16-10-4-9-15-22(16)25-18(3)23-21-14-8-7-13-20(21)17(2)26(23)24(25)19-11-5-6-12-19/h4,7-10,13-15,17,19,24H,5-6,11-12H2,1-3H3/i17D. The molecule has 3 aliphatic rings. The molecule has 26 heavy (non-hydrogen) atoms. The van der Waals surface area contributed by atoms with E-state index in [9.17, 15) is 1.37 Å². The van der Waals surface area contributed by atoms with Crippen LogP contribution in [0.2, 0.25) is 0 Å². The first-order valence-electron chi connectivity index (χ1n) is 10.5. The van der Waals surface area contributed by atoms with Gasteiger partial charge in [-0.15, -0.1) is 0 Å². The molecule has 2 heteroatoms. The topological polar surface area (TPSA) is 6.48 Å². The predicted molar refractivity (Wildman–Crippen MR) is 109 cm³/mol. The molecule has 2 unspecified atom stereocenters. The number of allylic oxidation sites excluding steroid dienone is 1. The summed E-state index contributed by atoms with van der Waals surface area (Å²) in [4.78, 5) is 4.97. The van der Waals surface area contributed by atoms with Gasteiger partial charge in [0, 0.05) is 16.9 Å². The summed E-state index contributed by atoms with van der Waals surface area (Å²) >= 11 is 0. The molecule has 1 saturated carbocycles. The van der Waals surface area contributed by atoms with E-state index in [1.54, 1.807) is 0 Å². The lowest BCUT2D eigenvalue weighted by atomic mass is 9.99. The molecule has 2 aromatic rings. The largest absolute Gasteiger partial charge is 0.342 e. The van der Waals surface area contributed by atoms with Crippen molar-refractivity contribution < 1.29 is 1.37 Å². The molecule has 2 heterocycles. The van der Waals surface area contributed by atoms with Gasteiger partial charge >= 0.3 is 0 Å².